The number of piperazine rings is 1. The summed E-state index contributed by atoms with van der Waals surface area (Å²) in [6, 6.07) is 10.1. The van der Waals surface area contributed by atoms with E-state index in [1.54, 1.807) is 0 Å². The lowest BCUT2D eigenvalue weighted by atomic mass is 10.1. The number of rotatable bonds is 5. The van der Waals surface area contributed by atoms with E-state index in [0.29, 0.717) is 0 Å². The first kappa shape index (κ1) is 20.3. The fraction of sp³-hybridized carbons (Fsp3) is 0.478. The molecule has 0 aliphatic carbocycles. The Morgan fingerprint density at radius 3 is 2.40 bits per heavy atom. The second-order valence-electron chi connectivity index (χ2n) is 8.21. The van der Waals surface area contributed by atoms with Gasteiger partial charge in [-0.3, -0.25) is 4.79 Å². The molecule has 1 amide bonds. The molecule has 3 heterocycles. The molecule has 1 aliphatic heterocycles. The van der Waals surface area contributed by atoms with Crippen molar-refractivity contribution in [1.29, 1.82) is 0 Å². The molecule has 0 saturated carbocycles. The second kappa shape index (κ2) is 8.42. The van der Waals surface area contributed by atoms with Crippen LogP contribution in [-0.2, 0) is 11.2 Å². The molecule has 7 heteroatoms. The smallest absolute Gasteiger partial charge is 0.225 e. The molecular formula is C23H30N6O. The molecule has 1 aromatic carbocycles. The lowest BCUT2D eigenvalue weighted by Crippen LogP contribution is -2.50. The van der Waals surface area contributed by atoms with Crippen LogP contribution >= 0.6 is 0 Å². The van der Waals surface area contributed by atoms with E-state index >= 15 is 0 Å². The molecule has 3 aromatic rings. The van der Waals surface area contributed by atoms with Crippen molar-refractivity contribution in [2.24, 2.45) is 5.92 Å². The van der Waals surface area contributed by atoms with Gasteiger partial charge < -0.3 is 9.80 Å². The van der Waals surface area contributed by atoms with E-state index in [2.05, 4.69) is 11.8 Å². The molecule has 1 saturated heterocycles. The molecule has 2 aromatic heterocycles. The Hall–Kier alpha value is -2.96. The summed E-state index contributed by atoms with van der Waals surface area (Å²) < 4.78 is 1.92. The van der Waals surface area contributed by atoms with Crippen molar-refractivity contribution < 1.29 is 4.79 Å². The Morgan fingerprint density at radius 1 is 1.07 bits per heavy atom. The zero-order valence-corrected chi connectivity index (χ0v) is 18.3. The van der Waals surface area contributed by atoms with Gasteiger partial charge in [0.1, 0.15) is 11.6 Å². The first-order chi connectivity index (χ1) is 14.5. The van der Waals surface area contributed by atoms with Crippen LogP contribution < -0.4 is 4.90 Å². The topological polar surface area (TPSA) is 67.2 Å². The van der Waals surface area contributed by atoms with Crippen molar-refractivity contribution in [3.63, 3.8) is 0 Å². The highest BCUT2D eigenvalue weighted by Gasteiger charge is 2.27. The number of aryl methyl sites for hydroxylation is 2. The first-order valence-electron chi connectivity index (χ1n) is 10.8. The summed E-state index contributed by atoms with van der Waals surface area (Å²) in [4.78, 5) is 26.5. The van der Waals surface area contributed by atoms with Crippen LogP contribution in [0.3, 0.4) is 0 Å². The van der Waals surface area contributed by atoms with Crippen molar-refractivity contribution in [3.8, 4) is 5.69 Å². The molecule has 1 aliphatic rings. The number of benzene rings is 1. The minimum atomic E-state index is 0.0322. The third-order valence-electron chi connectivity index (χ3n) is 5.59. The summed E-state index contributed by atoms with van der Waals surface area (Å²) in [7, 11) is 0. The van der Waals surface area contributed by atoms with Gasteiger partial charge in [0.15, 0.2) is 5.65 Å². The Morgan fingerprint density at radius 2 is 1.77 bits per heavy atom. The summed E-state index contributed by atoms with van der Waals surface area (Å²) in [5, 5.41) is 5.81. The largest absolute Gasteiger partial charge is 0.352 e. The number of nitrogens with zero attached hydrogens (tertiary/aromatic N) is 6. The molecule has 0 atom stereocenters. The Kier molecular flexibility index (Phi) is 5.70. The van der Waals surface area contributed by atoms with E-state index in [4.69, 9.17) is 15.1 Å². The maximum atomic E-state index is 12.4. The predicted octanol–water partition coefficient (Wildman–Crippen LogP) is 3.38. The van der Waals surface area contributed by atoms with E-state index in [-0.39, 0.29) is 11.8 Å². The van der Waals surface area contributed by atoms with Gasteiger partial charge in [0.2, 0.25) is 5.91 Å². The third-order valence-corrected chi connectivity index (χ3v) is 5.59. The maximum absolute atomic E-state index is 12.4. The van der Waals surface area contributed by atoms with Gasteiger partial charge in [0, 0.05) is 38.5 Å². The Balaban J connectivity index is 1.75. The van der Waals surface area contributed by atoms with Crippen molar-refractivity contribution in [3.05, 3.63) is 41.9 Å². The van der Waals surface area contributed by atoms with E-state index in [1.165, 1.54) is 0 Å². The molecule has 0 bridgehead atoms. The summed E-state index contributed by atoms with van der Waals surface area (Å²) in [5.41, 5.74) is 2.77. The van der Waals surface area contributed by atoms with Crippen LogP contribution in [0.4, 0.5) is 5.82 Å². The number of carbonyl (C=O) groups is 1. The van der Waals surface area contributed by atoms with Crippen LogP contribution in [0.15, 0.2) is 30.3 Å². The number of aromatic nitrogens is 4. The second-order valence-corrected chi connectivity index (χ2v) is 8.21. The average molecular weight is 407 g/mol. The number of amides is 1. The standard InChI is InChI=1S/C23H30N6O/c1-5-9-19-24-21(27-12-14-28(15-13-27)23(30)16(2)3)20-17(4)26-29(22(20)25-19)18-10-7-6-8-11-18/h6-8,10-11,16H,5,9,12-15H2,1-4H3. The molecule has 30 heavy (non-hydrogen) atoms. The van der Waals surface area contributed by atoms with Gasteiger partial charge in [-0.25, -0.2) is 14.6 Å². The lowest BCUT2D eigenvalue weighted by molar-refractivity contribution is -0.134. The highest BCUT2D eigenvalue weighted by molar-refractivity contribution is 5.91. The van der Waals surface area contributed by atoms with Gasteiger partial charge in [0.25, 0.3) is 0 Å². The highest BCUT2D eigenvalue weighted by Crippen LogP contribution is 2.30. The number of anilines is 1. The third kappa shape index (κ3) is 3.76. The van der Waals surface area contributed by atoms with Crippen LogP contribution in [0.25, 0.3) is 16.7 Å². The number of para-hydroxylation sites is 1. The fourth-order valence-electron chi connectivity index (χ4n) is 4.02. The quantitative estimate of drug-likeness (QED) is 0.650. The molecule has 1 fully saturated rings. The van der Waals surface area contributed by atoms with Gasteiger partial charge in [-0.05, 0) is 25.5 Å². The number of hydrogen-bond donors (Lipinski definition) is 0. The summed E-state index contributed by atoms with van der Waals surface area (Å²) in [6.07, 6.45) is 1.81. The Labute approximate surface area is 177 Å². The normalized spacial score (nSPS) is 14.7. The van der Waals surface area contributed by atoms with Gasteiger partial charge in [-0.2, -0.15) is 5.10 Å². The molecular weight excluding hydrogens is 376 g/mol. The summed E-state index contributed by atoms with van der Waals surface area (Å²) >= 11 is 0. The summed E-state index contributed by atoms with van der Waals surface area (Å²) in [6.45, 7) is 11.1. The SMILES string of the molecule is CCCc1nc(N2CCN(C(=O)C(C)C)CC2)c2c(C)nn(-c3ccccc3)c2n1. The molecule has 4 rings (SSSR count). The van der Waals surface area contributed by atoms with Crippen LogP contribution in [-0.4, -0.2) is 56.7 Å². The fourth-order valence-corrected chi connectivity index (χ4v) is 4.02. The molecule has 158 valence electrons. The molecule has 0 spiro atoms. The van der Waals surface area contributed by atoms with Crippen LogP contribution in [0.5, 0.6) is 0 Å². The van der Waals surface area contributed by atoms with Gasteiger partial charge in [0.05, 0.1) is 16.8 Å². The minimum absolute atomic E-state index is 0.0322. The molecule has 0 N–H and O–H groups in total. The average Bonchev–Trinajstić information content (AvgIpc) is 3.10. The first-order valence-corrected chi connectivity index (χ1v) is 10.8. The van der Waals surface area contributed by atoms with Gasteiger partial charge >= 0.3 is 0 Å². The van der Waals surface area contributed by atoms with Crippen molar-refractivity contribution in [1.82, 2.24) is 24.6 Å². The van der Waals surface area contributed by atoms with Crippen LogP contribution in [0.2, 0.25) is 0 Å². The van der Waals surface area contributed by atoms with Gasteiger partial charge in [-0.15, -0.1) is 0 Å². The van der Waals surface area contributed by atoms with Gasteiger partial charge in [-0.1, -0.05) is 39.0 Å². The van der Waals surface area contributed by atoms with Crippen LogP contribution in [0.1, 0.15) is 38.7 Å². The zero-order chi connectivity index (χ0) is 21.3. The number of carbonyl (C=O) groups excluding carboxylic acids is 1. The van der Waals surface area contributed by atoms with E-state index in [0.717, 1.165) is 73.1 Å². The number of fused-ring (bicyclic) bond motifs is 1. The minimum Gasteiger partial charge on any atom is -0.352 e. The van der Waals surface area contributed by atoms with E-state index in [1.807, 2.05) is 60.7 Å². The molecule has 0 unspecified atom stereocenters. The van der Waals surface area contributed by atoms with Crippen molar-refractivity contribution >= 4 is 22.8 Å². The van der Waals surface area contributed by atoms with Crippen molar-refractivity contribution in [2.75, 3.05) is 31.1 Å². The van der Waals surface area contributed by atoms with E-state index < -0.39 is 0 Å². The predicted molar refractivity (Wildman–Crippen MR) is 119 cm³/mol. The van der Waals surface area contributed by atoms with E-state index in [9.17, 15) is 4.79 Å². The molecule has 7 nitrogen and oxygen atoms in total. The summed E-state index contributed by atoms with van der Waals surface area (Å²) in [5.74, 6) is 2.05. The van der Waals surface area contributed by atoms with Crippen molar-refractivity contribution in [2.45, 2.75) is 40.5 Å². The lowest BCUT2D eigenvalue weighted by Gasteiger charge is -2.36. The zero-order valence-electron chi connectivity index (χ0n) is 18.3. The Bertz CT molecular complexity index is 1030. The molecule has 0 radical (unpaired) electrons. The maximum Gasteiger partial charge on any atom is 0.225 e. The van der Waals surface area contributed by atoms with Crippen LogP contribution in [0, 0.1) is 12.8 Å². The highest BCUT2D eigenvalue weighted by atomic mass is 16.2. The number of hydrogen-bond acceptors (Lipinski definition) is 5. The monoisotopic (exact) mass is 406 g/mol.